The van der Waals surface area contributed by atoms with Gasteiger partial charge in [0.1, 0.15) is 0 Å². The standard InChI is InChI=1S/C46H30N6/c1-4-14-32(15-5-1)43-48-40(30-41(49-43)39-26-12-20-31-25-13-27-47-42(31)39)37-23-10-21-35(28-37)36-22-11-24-38(29-36)46-51-44(33-16-6-2-7-17-33)50-45(52-46)34-18-8-3-9-19-34/h1-30H. The zero-order valence-corrected chi connectivity index (χ0v) is 28.0. The van der Waals surface area contributed by atoms with Crippen molar-refractivity contribution < 1.29 is 0 Å². The summed E-state index contributed by atoms with van der Waals surface area (Å²) in [6.07, 6.45) is 1.82. The lowest BCUT2D eigenvalue weighted by Gasteiger charge is -2.12. The third-order valence-corrected chi connectivity index (χ3v) is 8.98. The summed E-state index contributed by atoms with van der Waals surface area (Å²) in [6, 6.07) is 59.3. The Hall–Kier alpha value is -7.18. The Morgan fingerprint density at radius 3 is 1.35 bits per heavy atom. The van der Waals surface area contributed by atoms with Crippen LogP contribution in [-0.2, 0) is 0 Å². The average Bonchev–Trinajstić information content (AvgIpc) is 3.24. The van der Waals surface area contributed by atoms with Crippen LogP contribution in [0.5, 0.6) is 0 Å². The van der Waals surface area contributed by atoms with Crippen LogP contribution in [0.15, 0.2) is 182 Å². The summed E-state index contributed by atoms with van der Waals surface area (Å²) in [4.78, 5) is 29.6. The van der Waals surface area contributed by atoms with Gasteiger partial charge in [-0.1, -0.05) is 152 Å². The van der Waals surface area contributed by atoms with Crippen molar-refractivity contribution in [3.63, 3.8) is 0 Å². The molecule has 0 radical (unpaired) electrons. The first-order valence-corrected chi connectivity index (χ1v) is 17.1. The van der Waals surface area contributed by atoms with Crippen molar-refractivity contribution in [1.82, 2.24) is 29.9 Å². The smallest absolute Gasteiger partial charge is 0.164 e. The van der Waals surface area contributed by atoms with Crippen LogP contribution in [0, 0.1) is 0 Å². The first-order valence-electron chi connectivity index (χ1n) is 17.1. The van der Waals surface area contributed by atoms with Gasteiger partial charge in [-0.15, -0.1) is 0 Å². The summed E-state index contributed by atoms with van der Waals surface area (Å²) in [5, 5.41) is 1.06. The maximum absolute atomic E-state index is 5.10. The van der Waals surface area contributed by atoms with E-state index in [2.05, 4.69) is 72.8 Å². The number of pyridine rings is 1. The molecule has 3 heterocycles. The van der Waals surface area contributed by atoms with Crippen LogP contribution in [0.25, 0.3) is 90.1 Å². The maximum atomic E-state index is 5.10. The Labute approximate surface area is 301 Å². The van der Waals surface area contributed by atoms with Crippen LogP contribution in [0.3, 0.4) is 0 Å². The number of nitrogens with zero attached hydrogens (tertiary/aromatic N) is 6. The quantitative estimate of drug-likeness (QED) is 0.168. The van der Waals surface area contributed by atoms with Crippen molar-refractivity contribution in [3.8, 4) is 79.2 Å². The van der Waals surface area contributed by atoms with E-state index >= 15 is 0 Å². The van der Waals surface area contributed by atoms with Gasteiger partial charge in [0.15, 0.2) is 23.3 Å². The molecule has 3 aromatic heterocycles. The highest BCUT2D eigenvalue weighted by atomic mass is 15.0. The van der Waals surface area contributed by atoms with Gasteiger partial charge in [-0.2, -0.15) is 0 Å². The van der Waals surface area contributed by atoms with Gasteiger partial charge in [0.25, 0.3) is 0 Å². The Morgan fingerprint density at radius 2 is 0.731 bits per heavy atom. The normalized spacial score (nSPS) is 11.1. The van der Waals surface area contributed by atoms with Crippen LogP contribution in [-0.4, -0.2) is 29.9 Å². The number of fused-ring (bicyclic) bond motifs is 1. The van der Waals surface area contributed by atoms with E-state index in [4.69, 9.17) is 29.9 Å². The minimum Gasteiger partial charge on any atom is -0.256 e. The van der Waals surface area contributed by atoms with Crippen LogP contribution in [0.4, 0.5) is 0 Å². The molecule has 0 amide bonds. The van der Waals surface area contributed by atoms with Crippen molar-refractivity contribution in [2.45, 2.75) is 0 Å². The average molecular weight is 667 g/mol. The van der Waals surface area contributed by atoms with Crippen molar-refractivity contribution in [2.24, 2.45) is 0 Å². The van der Waals surface area contributed by atoms with E-state index in [0.717, 1.165) is 66.8 Å². The summed E-state index contributed by atoms with van der Waals surface area (Å²) >= 11 is 0. The molecule has 0 aliphatic rings. The fourth-order valence-electron chi connectivity index (χ4n) is 6.39. The van der Waals surface area contributed by atoms with E-state index in [1.807, 2.05) is 109 Å². The Bertz CT molecular complexity index is 2620. The molecule has 9 aromatic rings. The molecule has 6 aromatic carbocycles. The van der Waals surface area contributed by atoms with Gasteiger partial charge in [0.2, 0.25) is 0 Å². The van der Waals surface area contributed by atoms with Crippen molar-refractivity contribution in [3.05, 3.63) is 182 Å². The molecule has 52 heavy (non-hydrogen) atoms. The lowest BCUT2D eigenvalue weighted by molar-refractivity contribution is 1.07. The third-order valence-electron chi connectivity index (χ3n) is 8.98. The highest BCUT2D eigenvalue weighted by molar-refractivity contribution is 5.93. The van der Waals surface area contributed by atoms with E-state index in [9.17, 15) is 0 Å². The van der Waals surface area contributed by atoms with E-state index in [0.29, 0.717) is 23.3 Å². The van der Waals surface area contributed by atoms with Gasteiger partial charge in [0, 0.05) is 45.0 Å². The molecule has 0 fully saturated rings. The van der Waals surface area contributed by atoms with Gasteiger partial charge < -0.3 is 0 Å². The molecular weight excluding hydrogens is 637 g/mol. The van der Waals surface area contributed by atoms with E-state index in [1.54, 1.807) is 0 Å². The molecule has 0 atom stereocenters. The predicted octanol–water partition coefficient (Wildman–Crippen LogP) is 10.9. The summed E-state index contributed by atoms with van der Waals surface area (Å²) in [5.41, 5.74) is 10.3. The van der Waals surface area contributed by atoms with Crippen LogP contribution in [0.1, 0.15) is 0 Å². The maximum Gasteiger partial charge on any atom is 0.164 e. The molecule has 6 nitrogen and oxygen atoms in total. The number of aromatic nitrogens is 6. The van der Waals surface area contributed by atoms with Crippen molar-refractivity contribution in [2.75, 3.05) is 0 Å². The highest BCUT2D eigenvalue weighted by Gasteiger charge is 2.15. The van der Waals surface area contributed by atoms with Gasteiger partial charge in [0.05, 0.1) is 16.9 Å². The SMILES string of the molecule is c1ccc(-c2nc(-c3cccc(-c4cccc(-c5nc(-c6ccccc6)nc(-c6ccccc6)n5)c4)c3)cc(-c3cccc4cccnc34)n2)cc1. The summed E-state index contributed by atoms with van der Waals surface area (Å²) in [7, 11) is 0. The fraction of sp³-hybridized carbons (Fsp3) is 0. The minimum atomic E-state index is 0.613. The molecular formula is C46H30N6. The van der Waals surface area contributed by atoms with Crippen molar-refractivity contribution in [1.29, 1.82) is 0 Å². The highest BCUT2D eigenvalue weighted by Crippen LogP contribution is 2.34. The minimum absolute atomic E-state index is 0.613. The number of para-hydroxylation sites is 1. The molecule has 0 saturated carbocycles. The monoisotopic (exact) mass is 666 g/mol. The largest absolute Gasteiger partial charge is 0.256 e. The summed E-state index contributed by atoms with van der Waals surface area (Å²) in [5.74, 6) is 2.54. The van der Waals surface area contributed by atoms with Gasteiger partial charge in [-0.25, -0.2) is 24.9 Å². The second-order valence-electron chi connectivity index (χ2n) is 12.4. The van der Waals surface area contributed by atoms with Gasteiger partial charge in [-0.3, -0.25) is 4.98 Å². The van der Waals surface area contributed by atoms with Gasteiger partial charge in [-0.05, 0) is 35.4 Å². The van der Waals surface area contributed by atoms with Crippen LogP contribution < -0.4 is 0 Å². The second kappa shape index (κ2) is 13.6. The summed E-state index contributed by atoms with van der Waals surface area (Å²) in [6.45, 7) is 0. The Morgan fingerprint density at radius 1 is 0.288 bits per heavy atom. The zero-order chi connectivity index (χ0) is 34.7. The molecule has 0 spiro atoms. The molecule has 0 unspecified atom stereocenters. The first-order chi connectivity index (χ1) is 25.7. The first kappa shape index (κ1) is 30.8. The lowest BCUT2D eigenvalue weighted by atomic mass is 9.98. The van der Waals surface area contributed by atoms with Crippen LogP contribution in [0.2, 0.25) is 0 Å². The predicted molar refractivity (Wildman–Crippen MR) is 209 cm³/mol. The van der Waals surface area contributed by atoms with E-state index in [-0.39, 0.29) is 0 Å². The topological polar surface area (TPSA) is 77.3 Å². The molecule has 244 valence electrons. The zero-order valence-electron chi connectivity index (χ0n) is 28.0. The van der Waals surface area contributed by atoms with E-state index in [1.165, 1.54) is 0 Å². The molecule has 0 aliphatic carbocycles. The number of hydrogen-bond acceptors (Lipinski definition) is 6. The molecule has 0 bridgehead atoms. The van der Waals surface area contributed by atoms with Crippen molar-refractivity contribution >= 4 is 10.9 Å². The fourth-order valence-corrected chi connectivity index (χ4v) is 6.39. The molecule has 0 N–H and O–H groups in total. The number of benzene rings is 6. The Balaban J connectivity index is 1.14. The summed E-state index contributed by atoms with van der Waals surface area (Å²) < 4.78 is 0. The second-order valence-corrected chi connectivity index (χ2v) is 12.4. The van der Waals surface area contributed by atoms with Gasteiger partial charge >= 0.3 is 0 Å². The van der Waals surface area contributed by atoms with Crippen LogP contribution >= 0.6 is 0 Å². The molecule has 9 rings (SSSR count). The van der Waals surface area contributed by atoms with E-state index < -0.39 is 0 Å². The number of hydrogen-bond donors (Lipinski definition) is 0. The third kappa shape index (κ3) is 6.21. The Kier molecular flexibility index (Phi) is 8.08. The molecule has 0 aliphatic heterocycles. The molecule has 0 saturated heterocycles. The molecule has 6 heteroatoms. The number of rotatable bonds is 7. The lowest BCUT2D eigenvalue weighted by Crippen LogP contribution is -2.00.